The van der Waals surface area contributed by atoms with Gasteiger partial charge in [-0.05, 0) is 61.0 Å². The molecule has 0 fully saturated rings. The Morgan fingerprint density at radius 3 is 1.44 bits per heavy atom. The summed E-state index contributed by atoms with van der Waals surface area (Å²) >= 11 is 5.71. The van der Waals surface area contributed by atoms with E-state index < -0.39 is 0 Å². The second-order valence-corrected chi connectivity index (χ2v) is 9.92. The Kier molecular flexibility index (Phi) is 3.56. The van der Waals surface area contributed by atoms with Crippen LogP contribution < -0.4 is 0 Å². The maximum Gasteiger partial charge on any atom is 0.0528 e. The van der Waals surface area contributed by atoms with Crippen LogP contribution in [0.3, 0.4) is 0 Å². The van der Waals surface area contributed by atoms with E-state index in [4.69, 9.17) is 0 Å². The third-order valence-corrected chi connectivity index (χ3v) is 8.09. The van der Waals surface area contributed by atoms with Crippen molar-refractivity contribution in [2.24, 2.45) is 0 Å². The molecular weight excluding hydrogens is 360 g/mol. The Bertz CT molecular complexity index is 1120. The number of rotatable bonds is 2. The summed E-state index contributed by atoms with van der Waals surface area (Å²) in [6.45, 7) is 4.37. The highest BCUT2D eigenvalue weighted by molar-refractivity contribution is 7.28. The van der Waals surface area contributed by atoms with E-state index in [0.717, 1.165) is 0 Å². The molecule has 3 heterocycles. The lowest BCUT2D eigenvalue weighted by atomic mass is 10.0. The van der Waals surface area contributed by atoms with E-state index in [0.29, 0.717) is 0 Å². The van der Waals surface area contributed by atoms with Gasteiger partial charge in [-0.1, -0.05) is 24.3 Å². The van der Waals surface area contributed by atoms with Crippen LogP contribution in [0, 0.1) is 13.8 Å². The summed E-state index contributed by atoms with van der Waals surface area (Å²) in [5, 5.41) is 5.39. The fourth-order valence-electron chi connectivity index (χ4n) is 3.31. The molecule has 5 rings (SSSR count). The zero-order chi connectivity index (χ0) is 17.0. The van der Waals surface area contributed by atoms with Gasteiger partial charge in [0.2, 0.25) is 0 Å². The first kappa shape index (κ1) is 15.3. The molecule has 0 aliphatic carbocycles. The predicted octanol–water partition coefficient (Wildman–Crippen LogP) is 8.13. The highest BCUT2D eigenvalue weighted by Gasteiger charge is 2.17. The maximum absolute atomic E-state index is 2.37. The van der Waals surface area contributed by atoms with Crippen LogP contribution in [0.15, 0.2) is 60.7 Å². The van der Waals surface area contributed by atoms with Gasteiger partial charge in [0.25, 0.3) is 0 Å². The highest BCUT2D eigenvalue weighted by atomic mass is 32.1. The molecule has 5 aromatic rings. The standard InChI is InChI=1S/C22H16S3/c1-13-7-9-19(23-13)21-17-11-15-5-3-4-6-16(15)12-18(17)22(25-21)20-10-8-14(2)24-20/h3-12H,1-2H3. The van der Waals surface area contributed by atoms with Crippen molar-refractivity contribution in [1.82, 2.24) is 0 Å². The fraction of sp³-hybridized carbons (Fsp3) is 0.0909. The van der Waals surface area contributed by atoms with E-state index in [1.807, 2.05) is 34.0 Å². The van der Waals surface area contributed by atoms with Gasteiger partial charge in [-0.2, -0.15) is 0 Å². The van der Waals surface area contributed by atoms with Crippen molar-refractivity contribution in [1.29, 1.82) is 0 Å². The molecule has 0 unspecified atom stereocenters. The first-order chi connectivity index (χ1) is 12.2. The van der Waals surface area contributed by atoms with Gasteiger partial charge in [0.1, 0.15) is 0 Å². The Hall–Kier alpha value is -1.94. The lowest BCUT2D eigenvalue weighted by Crippen LogP contribution is -1.75. The number of thiophene rings is 3. The minimum absolute atomic E-state index is 1.32. The van der Waals surface area contributed by atoms with E-state index in [1.54, 1.807) is 0 Å². The zero-order valence-electron chi connectivity index (χ0n) is 14.0. The Morgan fingerprint density at radius 2 is 1.04 bits per heavy atom. The molecule has 0 amide bonds. The molecule has 3 heteroatoms. The smallest absolute Gasteiger partial charge is 0.0528 e. The first-order valence-corrected chi connectivity index (χ1v) is 10.7. The third-order valence-electron chi connectivity index (χ3n) is 4.51. The minimum atomic E-state index is 1.32. The number of hydrogen-bond acceptors (Lipinski definition) is 3. The normalized spacial score (nSPS) is 11.6. The summed E-state index contributed by atoms with van der Waals surface area (Å²) in [5.74, 6) is 0. The second kappa shape index (κ2) is 5.80. The van der Waals surface area contributed by atoms with Crippen molar-refractivity contribution in [2.75, 3.05) is 0 Å². The van der Waals surface area contributed by atoms with Gasteiger partial charge >= 0.3 is 0 Å². The van der Waals surface area contributed by atoms with Gasteiger partial charge < -0.3 is 0 Å². The Labute approximate surface area is 159 Å². The number of benzene rings is 2. The lowest BCUT2D eigenvalue weighted by Gasteiger charge is -2.01. The summed E-state index contributed by atoms with van der Waals surface area (Å²) in [4.78, 5) is 8.29. The van der Waals surface area contributed by atoms with Crippen molar-refractivity contribution in [3.63, 3.8) is 0 Å². The van der Waals surface area contributed by atoms with Crippen LogP contribution in [0.25, 0.3) is 41.1 Å². The van der Waals surface area contributed by atoms with Gasteiger partial charge in [0, 0.05) is 30.3 Å². The minimum Gasteiger partial charge on any atom is -0.140 e. The average molecular weight is 377 g/mol. The molecule has 0 bridgehead atoms. The van der Waals surface area contributed by atoms with Crippen molar-refractivity contribution in [3.05, 3.63) is 70.4 Å². The van der Waals surface area contributed by atoms with Crippen molar-refractivity contribution in [2.45, 2.75) is 13.8 Å². The SMILES string of the molecule is Cc1ccc(-c2sc(-c3ccc(C)s3)c3cc4ccccc4cc23)s1. The van der Waals surface area contributed by atoms with Gasteiger partial charge in [-0.25, -0.2) is 0 Å². The van der Waals surface area contributed by atoms with Crippen molar-refractivity contribution < 1.29 is 0 Å². The molecule has 0 atom stereocenters. The molecule has 0 saturated heterocycles. The van der Waals surface area contributed by atoms with Crippen LogP contribution in [0.4, 0.5) is 0 Å². The van der Waals surface area contributed by atoms with Crippen molar-refractivity contribution in [3.8, 4) is 19.5 Å². The van der Waals surface area contributed by atoms with E-state index in [1.165, 1.54) is 50.8 Å². The molecule has 3 aromatic heterocycles. The van der Waals surface area contributed by atoms with E-state index in [9.17, 15) is 0 Å². The summed E-state index contributed by atoms with van der Waals surface area (Å²) < 4.78 is 0. The van der Waals surface area contributed by atoms with Crippen LogP contribution in [0.1, 0.15) is 9.75 Å². The molecular formula is C22H16S3. The molecule has 25 heavy (non-hydrogen) atoms. The van der Waals surface area contributed by atoms with Crippen LogP contribution in [0.5, 0.6) is 0 Å². The molecule has 0 nitrogen and oxygen atoms in total. The van der Waals surface area contributed by atoms with Gasteiger partial charge in [-0.3, -0.25) is 0 Å². The molecule has 0 spiro atoms. The number of hydrogen-bond donors (Lipinski definition) is 0. The average Bonchev–Trinajstić information content (AvgIpc) is 3.31. The van der Waals surface area contributed by atoms with Crippen LogP contribution >= 0.6 is 34.0 Å². The summed E-state index contributed by atoms with van der Waals surface area (Å²) in [5.41, 5.74) is 0. The topological polar surface area (TPSA) is 0 Å². The molecule has 0 N–H and O–H groups in total. The molecule has 0 saturated carbocycles. The largest absolute Gasteiger partial charge is 0.140 e. The molecule has 0 aliphatic rings. The monoisotopic (exact) mass is 376 g/mol. The van der Waals surface area contributed by atoms with E-state index >= 15 is 0 Å². The van der Waals surface area contributed by atoms with Crippen LogP contribution in [-0.4, -0.2) is 0 Å². The van der Waals surface area contributed by atoms with Gasteiger partial charge in [-0.15, -0.1) is 34.0 Å². The number of fused-ring (bicyclic) bond motifs is 2. The fourth-order valence-corrected chi connectivity index (χ4v) is 6.55. The second-order valence-electron chi connectivity index (χ2n) is 6.33. The quantitative estimate of drug-likeness (QED) is 0.292. The predicted molar refractivity (Wildman–Crippen MR) is 115 cm³/mol. The van der Waals surface area contributed by atoms with Crippen LogP contribution in [-0.2, 0) is 0 Å². The number of aryl methyl sites for hydroxylation is 2. The summed E-state index contributed by atoms with van der Waals surface area (Å²) in [6, 6.07) is 22.4. The van der Waals surface area contributed by atoms with E-state index in [-0.39, 0.29) is 0 Å². The van der Waals surface area contributed by atoms with Gasteiger partial charge in [0.15, 0.2) is 0 Å². The maximum atomic E-state index is 2.37. The Balaban J connectivity index is 1.88. The molecule has 0 aliphatic heterocycles. The highest BCUT2D eigenvalue weighted by Crippen LogP contribution is 2.48. The van der Waals surface area contributed by atoms with E-state index in [2.05, 4.69) is 74.5 Å². The zero-order valence-corrected chi connectivity index (χ0v) is 16.4. The molecule has 2 aromatic carbocycles. The molecule has 122 valence electrons. The Morgan fingerprint density at radius 1 is 0.560 bits per heavy atom. The van der Waals surface area contributed by atoms with Crippen molar-refractivity contribution >= 4 is 55.6 Å². The van der Waals surface area contributed by atoms with Crippen LogP contribution in [0.2, 0.25) is 0 Å². The summed E-state index contributed by atoms with van der Waals surface area (Å²) in [6.07, 6.45) is 0. The summed E-state index contributed by atoms with van der Waals surface area (Å²) in [7, 11) is 0. The first-order valence-electron chi connectivity index (χ1n) is 8.28. The molecule has 0 radical (unpaired) electrons. The lowest BCUT2D eigenvalue weighted by molar-refractivity contribution is 1.64. The van der Waals surface area contributed by atoms with Gasteiger partial charge in [0.05, 0.1) is 9.75 Å². The third kappa shape index (κ3) is 2.54.